The number of benzene rings is 1. The Kier molecular flexibility index (Phi) is 3.00. The predicted octanol–water partition coefficient (Wildman–Crippen LogP) is 2.11. The van der Waals surface area contributed by atoms with Crippen molar-refractivity contribution in [2.24, 2.45) is 5.84 Å². The fourth-order valence-electron chi connectivity index (χ4n) is 1.82. The molecular weight excluding hydrogens is 238 g/mol. The molecule has 88 valence electrons. The van der Waals surface area contributed by atoms with Crippen LogP contribution in [0.5, 0.6) is 0 Å². The van der Waals surface area contributed by atoms with E-state index in [1.165, 1.54) is 0 Å². The summed E-state index contributed by atoms with van der Waals surface area (Å²) < 4.78 is 0. The first-order valence-corrected chi connectivity index (χ1v) is 5.49. The topological polar surface area (TPSA) is 68.0 Å². The van der Waals surface area contributed by atoms with Crippen molar-refractivity contribution in [3.63, 3.8) is 0 Å². The van der Waals surface area contributed by atoms with E-state index in [2.05, 4.69) is 10.4 Å². The number of nitrogens with two attached hydrogens (primary N) is 1. The summed E-state index contributed by atoms with van der Waals surface area (Å²) in [7, 11) is 0. The van der Waals surface area contributed by atoms with Crippen LogP contribution in [0.4, 0.5) is 0 Å². The SMILES string of the molecule is Cc1nc2c(C)cc(Cl)cc2cc1C(=O)NN. The van der Waals surface area contributed by atoms with Crippen molar-refractivity contribution in [1.82, 2.24) is 10.4 Å². The van der Waals surface area contributed by atoms with E-state index in [9.17, 15) is 4.79 Å². The summed E-state index contributed by atoms with van der Waals surface area (Å²) in [6, 6.07) is 5.38. The van der Waals surface area contributed by atoms with Crippen molar-refractivity contribution in [2.45, 2.75) is 13.8 Å². The molecule has 4 nitrogen and oxygen atoms in total. The molecule has 3 N–H and O–H groups in total. The molecule has 0 atom stereocenters. The van der Waals surface area contributed by atoms with E-state index in [1.807, 2.05) is 13.0 Å². The van der Waals surface area contributed by atoms with Gasteiger partial charge >= 0.3 is 0 Å². The lowest BCUT2D eigenvalue weighted by atomic mass is 10.1. The number of aryl methyl sites for hydroxylation is 2. The zero-order valence-electron chi connectivity index (χ0n) is 9.54. The third-order valence-corrected chi connectivity index (χ3v) is 2.86. The van der Waals surface area contributed by atoms with Crippen molar-refractivity contribution in [1.29, 1.82) is 0 Å². The van der Waals surface area contributed by atoms with Crippen LogP contribution in [0, 0.1) is 13.8 Å². The van der Waals surface area contributed by atoms with Gasteiger partial charge in [0.2, 0.25) is 0 Å². The van der Waals surface area contributed by atoms with Crippen molar-refractivity contribution >= 4 is 28.4 Å². The molecule has 0 saturated heterocycles. The van der Waals surface area contributed by atoms with Gasteiger partial charge < -0.3 is 0 Å². The zero-order chi connectivity index (χ0) is 12.6. The highest BCUT2D eigenvalue weighted by Crippen LogP contribution is 2.24. The van der Waals surface area contributed by atoms with E-state index in [0.717, 1.165) is 16.5 Å². The number of pyridine rings is 1. The average Bonchev–Trinajstić information content (AvgIpc) is 2.28. The van der Waals surface area contributed by atoms with Gasteiger partial charge in [0.1, 0.15) is 0 Å². The van der Waals surface area contributed by atoms with Gasteiger partial charge in [-0.2, -0.15) is 0 Å². The van der Waals surface area contributed by atoms with Crippen LogP contribution in [0.15, 0.2) is 18.2 Å². The van der Waals surface area contributed by atoms with Gasteiger partial charge in [-0.15, -0.1) is 0 Å². The van der Waals surface area contributed by atoms with Crippen molar-refractivity contribution in [2.75, 3.05) is 0 Å². The standard InChI is InChI=1S/C12H12ClN3O/c1-6-3-9(13)4-8-5-10(12(17)16-14)7(2)15-11(6)8/h3-5H,14H2,1-2H3,(H,16,17). The third-order valence-electron chi connectivity index (χ3n) is 2.64. The number of halogens is 1. The van der Waals surface area contributed by atoms with Gasteiger partial charge in [-0.25, -0.2) is 5.84 Å². The van der Waals surface area contributed by atoms with E-state index in [4.69, 9.17) is 17.4 Å². The monoisotopic (exact) mass is 249 g/mol. The van der Waals surface area contributed by atoms with E-state index in [1.54, 1.807) is 19.1 Å². The van der Waals surface area contributed by atoms with Gasteiger partial charge in [0.15, 0.2) is 0 Å². The van der Waals surface area contributed by atoms with Gasteiger partial charge in [0.25, 0.3) is 5.91 Å². The summed E-state index contributed by atoms with van der Waals surface area (Å²) in [6.07, 6.45) is 0. The Bertz CT molecular complexity index is 610. The molecule has 1 heterocycles. The summed E-state index contributed by atoms with van der Waals surface area (Å²) >= 11 is 5.98. The number of hydrogen-bond donors (Lipinski definition) is 2. The lowest BCUT2D eigenvalue weighted by Gasteiger charge is -2.08. The minimum Gasteiger partial charge on any atom is -0.290 e. The first kappa shape index (κ1) is 11.8. The lowest BCUT2D eigenvalue weighted by Crippen LogP contribution is -2.30. The van der Waals surface area contributed by atoms with E-state index < -0.39 is 0 Å². The highest BCUT2D eigenvalue weighted by Gasteiger charge is 2.11. The molecule has 0 aliphatic carbocycles. The number of nitrogen functional groups attached to an aromatic ring is 1. The number of fused-ring (bicyclic) bond motifs is 1. The molecule has 1 amide bonds. The Balaban J connectivity index is 2.76. The maximum atomic E-state index is 11.5. The molecule has 17 heavy (non-hydrogen) atoms. The second-order valence-electron chi connectivity index (χ2n) is 3.89. The molecule has 2 rings (SSSR count). The van der Waals surface area contributed by atoms with Crippen LogP contribution in [0.2, 0.25) is 5.02 Å². The summed E-state index contributed by atoms with van der Waals surface area (Å²) in [6.45, 7) is 3.71. The molecule has 0 aliphatic rings. The van der Waals surface area contributed by atoms with Gasteiger partial charge in [0, 0.05) is 10.4 Å². The third kappa shape index (κ3) is 2.09. The normalized spacial score (nSPS) is 10.6. The molecule has 0 saturated carbocycles. The van der Waals surface area contributed by atoms with Crippen LogP contribution >= 0.6 is 11.6 Å². The number of nitrogens with one attached hydrogen (secondary N) is 1. The number of carbonyl (C=O) groups excluding carboxylic acids is 1. The number of hydrazine groups is 1. The van der Waals surface area contributed by atoms with Gasteiger partial charge in [-0.3, -0.25) is 15.2 Å². The maximum Gasteiger partial charge on any atom is 0.267 e. The molecule has 0 unspecified atom stereocenters. The van der Waals surface area contributed by atoms with Crippen molar-refractivity contribution in [3.8, 4) is 0 Å². The number of amides is 1. The summed E-state index contributed by atoms with van der Waals surface area (Å²) in [4.78, 5) is 15.9. The van der Waals surface area contributed by atoms with Gasteiger partial charge in [-0.1, -0.05) is 11.6 Å². The quantitative estimate of drug-likeness (QED) is 0.462. The van der Waals surface area contributed by atoms with E-state index in [-0.39, 0.29) is 5.91 Å². The fraction of sp³-hybridized carbons (Fsp3) is 0.167. The zero-order valence-corrected chi connectivity index (χ0v) is 10.3. The molecule has 0 bridgehead atoms. The van der Waals surface area contributed by atoms with Crippen LogP contribution in [0.3, 0.4) is 0 Å². The van der Waals surface area contributed by atoms with Crippen molar-refractivity contribution < 1.29 is 4.79 Å². The molecule has 1 aromatic heterocycles. The molecule has 0 spiro atoms. The number of nitrogens with zero attached hydrogens (tertiary/aromatic N) is 1. The Morgan fingerprint density at radius 2 is 2.06 bits per heavy atom. The highest BCUT2D eigenvalue weighted by molar-refractivity contribution is 6.31. The van der Waals surface area contributed by atoms with Gasteiger partial charge in [0.05, 0.1) is 16.8 Å². The van der Waals surface area contributed by atoms with Crippen LogP contribution in [0.25, 0.3) is 10.9 Å². The van der Waals surface area contributed by atoms with Gasteiger partial charge in [-0.05, 0) is 37.6 Å². The number of rotatable bonds is 1. The molecular formula is C12H12ClN3O. The minimum atomic E-state index is -0.352. The largest absolute Gasteiger partial charge is 0.290 e. The molecule has 2 aromatic rings. The Morgan fingerprint density at radius 3 is 2.71 bits per heavy atom. The average molecular weight is 250 g/mol. The first-order valence-electron chi connectivity index (χ1n) is 5.11. The first-order chi connectivity index (χ1) is 8.02. The Morgan fingerprint density at radius 1 is 1.35 bits per heavy atom. The second-order valence-corrected chi connectivity index (χ2v) is 4.33. The molecule has 0 fully saturated rings. The summed E-state index contributed by atoms with van der Waals surface area (Å²) in [5, 5.41) is 1.46. The van der Waals surface area contributed by atoms with E-state index in [0.29, 0.717) is 16.3 Å². The Hall–Kier alpha value is -1.65. The minimum absolute atomic E-state index is 0.352. The Labute approximate surface area is 104 Å². The molecule has 0 radical (unpaired) electrons. The summed E-state index contributed by atoms with van der Waals surface area (Å²) in [5.41, 5.74) is 5.04. The maximum absolute atomic E-state index is 11.5. The number of aromatic nitrogens is 1. The smallest absolute Gasteiger partial charge is 0.267 e. The van der Waals surface area contributed by atoms with Crippen LogP contribution in [-0.4, -0.2) is 10.9 Å². The predicted molar refractivity (Wildman–Crippen MR) is 67.9 cm³/mol. The van der Waals surface area contributed by atoms with Crippen LogP contribution < -0.4 is 11.3 Å². The van der Waals surface area contributed by atoms with Crippen molar-refractivity contribution in [3.05, 3.63) is 40.0 Å². The molecule has 1 aromatic carbocycles. The number of hydrogen-bond acceptors (Lipinski definition) is 3. The van der Waals surface area contributed by atoms with Crippen LogP contribution in [0.1, 0.15) is 21.6 Å². The fourth-order valence-corrected chi connectivity index (χ4v) is 2.10. The van der Waals surface area contributed by atoms with E-state index >= 15 is 0 Å². The highest BCUT2D eigenvalue weighted by atomic mass is 35.5. The van der Waals surface area contributed by atoms with Crippen LogP contribution in [-0.2, 0) is 0 Å². The summed E-state index contributed by atoms with van der Waals surface area (Å²) in [5.74, 6) is 4.77. The molecule has 5 heteroatoms. The second kappa shape index (κ2) is 4.31. The lowest BCUT2D eigenvalue weighted by molar-refractivity contribution is 0.0953. The molecule has 0 aliphatic heterocycles. The number of carbonyl (C=O) groups is 1.